The summed E-state index contributed by atoms with van der Waals surface area (Å²) in [6, 6.07) is 10.0. The number of amides is 1. The summed E-state index contributed by atoms with van der Waals surface area (Å²) < 4.78 is 0. The maximum Gasteiger partial charge on any atom is 0.242 e. The van der Waals surface area contributed by atoms with Crippen molar-refractivity contribution in [1.82, 2.24) is 9.80 Å². The Morgan fingerprint density at radius 1 is 1.38 bits per heavy atom. The lowest BCUT2D eigenvalue weighted by Gasteiger charge is -2.29. The Morgan fingerprint density at radius 3 is 2.57 bits per heavy atom. The van der Waals surface area contributed by atoms with Crippen LogP contribution in [-0.2, 0) is 10.3 Å². The smallest absolute Gasteiger partial charge is 0.242 e. The number of benzene rings is 1. The first-order chi connectivity index (χ1) is 9.93. The first-order valence-corrected chi connectivity index (χ1v) is 7.46. The molecule has 2 unspecified atom stereocenters. The number of hydrogen-bond acceptors (Lipinski definition) is 4. The molecule has 5 nitrogen and oxygen atoms in total. The van der Waals surface area contributed by atoms with Crippen LogP contribution in [0.1, 0.15) is 18.4 Å². The van der Waals surface area contributed by atoms with Crippen LogP contribution in [-0.4, -0.2) is 55.5 Å². The highest BCUT2D eigenvalue weighted by atomic mass is 16.1. The first kappa shape index (κ1) is 15.9. The molecule has 1 aliphatic heterocycles. The zero-order valence-electron chi connectivity index (χ0n) is 13.0. The minimum atomic E-state index is -1.09. The van der Waals surface area contributed by atoms with E-state index in [0.29, 0.717) is 12.5 Å². The van der Waals surface area contributed by atoms with E-state index >= 15 is 0 Å². The van der Waals surface area contributed by atoms with Crippen molar-refractivity contribution in [2.45, 2.75) is 24.4 Å². The maximum absolute atomic E-state index is 11.9. The minimum Gasteiger partial charge on any atom is -0.368 e. The van der Waals surface area contributed by atoms with Crippen LogP contribution in [0.5, 0.6) is 0 Å². The number of nitrogens with two attached hydrogens (primary N) is 2. The molecule has 1 aliphatic rings. The molecule has 1 aromatic rings. The normalized spacial score (nSPS) is 22.4. The van der Waals surface area contributed by atoms with Gasteiger partial charge in [-0.15, -0.1) is 0 Å². The fraction of sp³-hybridized carbons (Fsp3) is 0.562. The molecule has 5 heteroatoms. The number of carbonyl (C=O) groups excluding carboxylic acids is 1. The molecule has 1 saturated heterocycles. The van der Waals surface area contributed by atoms with Crippen molar-refractivity contribution >= 4 is 5.91 Å². The molecule has 116 valence electrons. The van der Waals surface area contributed by atoms with Gasteiger partial charge in [0.25, 0.3) is 0 Å². The van der Waals surface area contributed by atoms with Crippen molar-refractivity contribution in [3.63, 3.8) is 0 Å². The molecular weight excluding hydrogens is 264 g/mol. The van der Waals surface area contributed by atoms with Crippen molar-refractivity contribution in [3.8, 4) is 0 Å². The summed E-state index contributed by atoms with van der Waals surface area (Å²) in [6.45, 7) is 2.86. The molecule has 21 heavy (non-hydrogen) atoms. The second-order valence-electron chi connectivity index (χ2n) is 6.16. The van der Waals surface area contributed by atoms with E-state index < -0.39 is 11.4 Å². The van der Waals surface area contributed by atoms with E-state index in [4.69, 9.17) is 11.5 Å². The standard InChI is InChI=1S/C16H26N4O/c1-19(2)14-8-10-20(12-14)11-9-16(18,15(17)21)13-6-4-3-5-7-13/h3-7,14H,8-12,18H2,1-2H3,(H2,17,21). The summed E-state index contributed by atoms with van der Waals surface area (Å²) in [5, 5.41) is 0. The van der Waals surface area contributed by atoms with Gasteiger partial charge >= 0.3 is 0 Å². The topological polar surface area (TPSA) is 75.6 Å². The summed E-state index contributed by atoms with van der Waals surface area (Å²) in [5.41, 5.74) is 11.6. The number of hydrogen-bond donors (Lipinski definition) is 2. The number of rotatable bonds is 6. The minimum absolute atomic E-state index is 0.461. The lowest BCUT2D eigenvalue weighted by Crippen LogP contribution is -2.51. The third-order valence-corrected chi connectivity index (χ3v) is 4.53. The van der Waals surface area contributed by atoms with E-state index in [1.54, 1.807) is 0 Å². The van der Waals surface area contributed by atoms with Gasteiger partial charge in [-0.1, -0.05) is 30.3 Å². The fourth-order valence-corrected chi connectivity index (χ4v) is 2.92. The van der Waals surface area contributed by atoms with Gasteiger partial charge in [0, 0.05) is 19.1 Å². The lowest BCUT2D eigenvalue weighted by molar-refractivity contribution is -0.123. The molecule has 4 N–H and O–H groups in total. The van der Waals surface area contributed by atoms with Crippen LogP contribution in [0.3, 0.4) is 0 Å². The molecule has 0 bridgehead atoms. The monoisotopic (exact) mass is 290 g/mol. The van der Waals surface area contributed by atoms with Gasteiger partial charge in [0.15, 0.2) is 0 Å². The number of carbonyl (C=O) groups is 1. The highest BCUT2D eigenvalue weighted by Gasteiger charge is 2.35. The molecule has 0 aromatic heterocycles. The molecule has 0 radical (unpaired) electrons. The molecule has 2 atom stereocenters. The predicted octanol–water partition coefficient (Wildman–Crippen LogP) is 0.352. The Labute approximate surface area is 126 Å². The van der Waals surface area contributed by atoms with E-state index in [1.807, 2.05) is 30.3 Å². The number of likely N-dealkylation sites (N-methyl/N-ethyl adjacent to an activating group) is 1. The Hall–Kier alpha value is -1.43. The molecule has 1 heterocycles. The molecule has 0 spiro atoms. The lowest BCUT2D eigenvalue weighted by atomic mass is 9.87. The van der Waals surface area contributed by atoms with E-state index in [9.17, 15) is 4.79 Å². The van der Waals surface area contributed by atoms with Crippen molar-refractivity contribution in [1.29, 1.82) is 0 Å². The molecule has 1 fully saturated rings. The zero-order valence-corrected chi connectivity index (χ0v) is 13.0. The van der Waals surface area contributed by atoms with Gasteiger partial charge in [-0.25, -0.2) is 0 Å². The number of primary amides is 1. The summed E-state index contributed by atoms with van der Waals surface area (Å²) in [6.07, 6.45) is 1.71. The quantitative estimate of drug-likeness (QED) is 0.793. The van der Waals surface area contributed by atoms with Gasteiger partial charge in [-0.05, 0) is 39.0 Å². The van der Waals surface area contributed by atoms with Gasteiger partial charge in [0.2, 0.25) is 5.91 Å². The molecular formula is C16H26N4O. The average molecular weight is 290 g/mol. The van der Waals surface area contributed by atoms with Crippen molar-refractivity contribution < 1.29 is 4.79 Å². The first-order valence-electron chi connectivity index (χ1n) is 7.46. The zero-order chi connectivity index (χ0) is 15.5. The number of likely N-dealkylation sites (tertiary alicyclic amines) is 1. The van der Waals surface area contributed by atoms with Crippen LogP contribution in [0.15, 0.2) is 30.3 Å². The Balaban J connectivity index is 2.00. The van der Waals surface area contributed by atoms with Gasteiger partial charge < -0.3 is 21.3 Å². The highest BCUT2D eigenvalue weighted by molar-refractivity contribution is 5.85. The summed E-state index contributed by atoms with van der Waals surface area (Å²) in [5.74, 6) is -0.461. The second kappa shape index (κ2) is 6.56. The SMILES string of the molecule is CN(C)C1CCN(CCC(N)(C(N)=O)c2ccccc2)C1. The predicted molar refractivity (Wildman–Crippen MR) is 84.7 cm³/mol. The van der Waals surface area contributed by atoms with E-state index in [-0.39, 0.29) is 0 Å². The Morgan fingerprint density at radius 2 is 2.05 bits per heavy atom. The Kier molecular flexibility index (Phi) is 4.98. The summed E-state index contributed by atoms with van der Waals surface area (Å²) >= 11 is 0. The van der Waals surface area contributed by atoms with E-state index in [1.165, 1.54) is 0 Å². The number of nitrogens with zero attached hydrogens (tertiary/aromatic N) is 2. The van der Waals surface area contributed by atoms with Gasteiger partial charge in [0.1, 0.15) is 5.54 Å². The summed E-state index contributed by atoms with van der Waals surface area (Å²) in [4.78, 5) is 16.5. The van der Waals surface area contributed by atoms with Crippen molar-refractivity contribution in [3.05, 3.63) is 35.9 Å². The van der Waals surface area contributed by atoms with E-state index in [0.717, 1.165) is 31.6 Å². The highest BCUT2D eigenvalue weighted by Crippen LogP contribution is 2.23. The summed E-state index contributed by atoms with van der Waals surface area (Å²) in [7, 11) is 4.21. The maximum atomic E-state index is 11.9. The largest absolute Gasteiger partial charge is 0.368 e. The van der Waals surface area contributed by atoms with Gasteiger partial charge in [-0.3, -0.25) is 4.79 Å². The van der Waals surface area contributed by atoms with Crippen LogP contribution in [0, 0.1) is 0 Å². The molecule has 0 saturated carbocycles. The average Bonchev–Trinajstić information content (AvgIpc) is 2.94. The van der Waals surface area contributed by atoms with Crippen LogP contribution < -0.4 is 11.5 Å². The fourth-order valence-electron chi connectivity index (χ4n) is 2.92. The molecule has 1 amide bonds. The van der Waals surface area contributed by atoms with Crippen molar-refractivity contribution in [2.24, 2.45) is 11.5 Å². The molecule has 0 aliphatic carbocycles. The van der Waals surface area contributed by atoms with Crippen LogP contribution in [0.25, 0.3) is 0 Å². The third-order valence-electron chi connectivity index (χ3n) is 4.53. The Bertz CT molecular complexity index is 476. The van der Waals surface area contributed by atoms with Gasteiger partial charge in [0.05, 0.1) is 0 Å². The third kappa shape index (κ3) is 3.61. The van der Waals surface area contributed by atoms with Crippen molar-refractivity contribution in [2.75, 3.05) is 33.7 Å². The van der Waals surface area contributed by atoms with Crippen LogP contribution in [0.4, 0.5) is 0 Å². The molecule has 2 rings (SSSR count). The molecule has 1 aromatic carbocycles. The second-order valence-corrected chi connectivity index (χ2v) is 6.16. The van der Waals surface area contributed by atoms with Crippen LogP contribution >= 0.6 is 0 Å². The van der Waals surface area contributed by atoms with Gasteiger partial charge in [-0.2, -0.15) is 0 Å². The van der Waals surface area contributed by atoms with E-state index in [2.05, 4.69) is 23.9 Å². The van der Waals surface area contributed by atoms with Crippen LogP contribution in [0.2, 0.25) is 0 Å².